The number of nitrogens with zero attached hydrogens (tertiary/aromatic N) is 1. The van der Waals surface area contributed by atoms with E-state index in [0.29, 0.717) is 30.4 Å². The molecule has 0 unspecified atom stereocenters. The second kappa shape index (κ2) is 9.79. The number of amides is 1. The summed E-state index contributed by atoms with van der Waals surface area (Å²) in [6, 6.07) is 12.1. The monoisotopic (exact) mass is 459 g/mol. The number of anilines is 2. The quantitative estimate of drug-likeness (QED) is 0.689. The molecule has 0 spiro atoms. The number of hydrogen-bond donors (Lipinski definition) is 2. The molecule has 0 aromatic heterocycles. The molecule has 0 saturated carbocycles. The minimum Gasteiger partial charge on any atom is -0.490 e. The standard InChI is InChI=1S/C23H29N3O5S/c1-17-9-11-26(12-10-17)19-5-3-18(4-6-19)25-23(27)16-24-32(28,29)20-7-8-21-22(15-20)31-14-2-13-30-21/h3-8,15,17,24H,2,9-14,16H2,1H3,(H,25,27). The van der Waals surface area contributed by atoms with Crippen molar-refractivity contribution in [3.05, 3.63) is 42.5 Å². The number of rotatable bonds is 6. The van der Waals surface area contributed by atoms with E-state index < -0.39 is 15.9 Å². The zero-order valence-electron chi connectivity index (χ0n) is 18.2. The molecule has 2 aromatic carbocycles. The zero-order valence-corrected chi connectivity index (χ0v) is 19.0. The first-order valence-electron chi connectivity index (χ1n) is 10.9. The number of hydrogen-bond acceptors (Lipinski definition) is 6. The lowest BCUT2D eigenvalue weighted by Gasteiger charge is -2.32. The molecule has 172 valence electrons. The van der Waals surface area contributed by atoms with Crippen molar-refractivity contribution in [2.45, 2.75) is 31.1 Å². The molecule has 4 rings (SSSR count). The van der Waals surface area contributed by atoms with Crippen LogP contribution in [0.5, 0.6) is 11.5 Å². The SMILES string of the molecule is CC1CCN(c2ccc(NC(=O)CNS(=O)(=O)c3ccc4c(c3)OCCCO4)cc2)CC1. The van der Waals surface area contributed by atoms with Crippen LogP contribution in [0.1, 0.15) is 26.2 Å². The highest BCUT2D eigenvalue weighted by molar-refractivity contribution is 7.89. The van der Waals surface area contributed by atoms with Gasteiger partial charge in [0.2, 0.25) is 15.9 Å². The van der Waals surface area contributed by atoms with E-state index >= 15 is 0 Å². The van der Waals surface area contributed by atoms with E-state index in [4.69, 9.17) is 9.47 Å². The Bertz CT molecular complexity index is 1050. The largest absolute Gasteiger partial charge is 0.490 e. The molecule has 2 aromatic rings. The smallest absolute Gasteiger partial charge is 0.241 e. The normalized spacial score (nSPS) is 17.0. The summed E-state index contributed by atoms with van der Waals surface area (Å²) in [4.78, 5) is 14.7. The highest BCUT2D eigenvalue weighted by Gasteiger charge is 2.20. The van der Waals surface area contributed by atoms with E-state index in [1.807, 2.05) is 24.3 Å². The predicted octanol–water partition coefficient (Wildman–Crippen LogP) is 3.00. The highest BCUT2D eigenvalue weighted by Crippen LogP contribution is 2.31. The van der Waals surface area contributed by atoms with Crippen molar-refractivity contribution in [3.63, 3.8) is 0 Å². The Balaban J connectivity index is 1.32. The molecule has 32 heavy (non-hydrogen) atoms. The fourth-order valence-electron chi connectivity index (χ4n) is 3.78. The van der Waals surface area contributed by atoms with E-state index in [1.165, 1.54) is 25.0 Å². The Morgan fingerprint density at radius 3 is 2.44 bits per heavy atom. The summed E-state index contributed by atoms with van der Waals surface area (Å²) in [5.41, 5.74) is 1.75. The maximum absolute atomic E-state index is 12.6. The molecule has 2 heterocycles. The van der Waals surface area contributed by atoms with Crippen molar-refractivity contribution in [3.8, 4) is 11.5 Å². The number of carbonyl (C=O) groups excluding carboxylic acids is 1. The van der Waals surface area contributed by atoms with Gasteiger partial charge in [0.05, 0.1) is 24.7 Å². The van der Waals surface area contributed by atoms with Gasteiger partial charge in [0.25, 0.3) is 0 Å². The molecule has 0 bridgehead atoms. The van der Waals surface area contributed by atoms with Gasteiger partial charge in [-0.25, -0.2) is 13.1 Å². The van der Waals surface area contributed by atoms with Gasteiger partial charge in [-0.2, -0.15) is 0 Å². The average Bonchev–Trinajstić information content (AvgIpc) is 3.04. The predicted molar refractivity (Wildman–Crippen MR) is 123 cm³/mol. The first kappa shape index (κ1) is 22.4. The third kappa shape index (κ3) is 5.52. The number of nitrogens with one attached hydrogen (secondary N) is 2. The van der Waals surface area contributed by atoms with Gasteiger partial charge in [-0.15, -0.1) is 0 Å². The Hall–Kier alpha value is -2.78. The van der Waals surface area contributed by atoms with Crippen LogP contribution in [0.15, 0.2) is 47.4 Å². The Kier molecular flexibility index (Phi) is 6.86. The van der Waals surface area contributed by atoms with Gasteiger partial charge >= 0.3 is 0 Å². The zero-order chi connectivity index (χ0) is 22.6. The number of fused-ring (bicyclic) bond motifs is 1. The molecular formula is C23H29N3O5S. The minimum atomic E-state index is -3.87. The molecule has 8 nitrogen and oxygen atoms in total. The molecule has 1 amide bonds. The number of piperidine rings is 1. The van der Waals surface area contributed by atoms with Crippen LogP contribution in [0.3, 0.4) is 0 Å². The Labute approximate surface area is 189 Å². The summed E-state index contributed by atoms with van der Waals surface area (Å²) < 4.78 is 38.6. The molecule has 1 fully saturated rings. The van der Waals surface area contributed by atoms with E-state index in [9.17, 15) is 13.2 Å². The Morgan fingerprint density at radius 2 is 1.72 bits per heavy atom. The second-order valence-corrected chi connectivity index (χ2v) is 10.0. The molecule has 1 saturated heterocycles. The van der Waals surface area contributed by atoms with Crippen LogP contribution < -0.4 is 24.4 Å². The fourth-order valence-corrected chi connectivity index (χ4v) is 4.78. The van der Waals surface area contributed by atoms with Gasteiger partial charge in [-0.1, -0.05) is 6.92 Å². The van der Waals surface area contributed by atoms with E-state index in [0.717, 1.165) is 31.1 Å². The minimum absolute atomic E-state index is 0.0229. The van der Waals surface area contributed by atoms with Crippen LogP contribution >= 0.6 is 0 Å². The van der Waals surface area contributed by atoms with Gasteiger partial charge in [-0.3, -0.25) is 4.79 Å². The van der Waals surface area contributed by atoms with Crippen molar-refractivity contribution >= 4 is 27.3 Å². The van der Waals surface area contributed by atoms with Gasteiger partial charge < -0.3 is 19.7 Å². The molecule has 0 radical (unpaired) electrons. The van der Waals surface area contributed by atoms with Crippen LogP contribution in [-0.4, -0.2) is 47.2 Å². The first-order valence-corrected chi connectivity index (χ1v) is 12.4. The number of carbonyl (C=O) groups is 1. The third-order valence-electron chi connectivity index (χ3n) is 5.75. The molecule has 2 aliphatic heterocycles. The van der Waals surface area contributed by atoms with Crippen LogP contribution in [0.2, 0.25) is 0 Å². The summed E-state index contributed by atoms with van der Waals surface area (Å²) in [6.07, 6.45) is 3.09. The lowest BCUT2D eigenvalue weighted by molar-refractivity contribution is -0.115. The first-order chi connectivity index (χ1) is 15.4. The van der Waals surface area contributed by atoms with Crippen molar-refractivity contribution in [2.24, 2.45) is 5.92 Å². The number of sulfonamides is 1. The van der Waals surface area contributed by atoms with Gasteiger partial charge in [0.1, 0.15) is 0 Å². The Morgan fingerprint density at radius 1 is 1.03 bits per heavy atom. The van der Waals surface area contributed by atoms with E-state index in [2.05, 4.69) is 21.9 Å². The van der Waals surface area contributed by atoms with Gasteiger partial charge in [0.15, 0.2) is 11.5 Å². The maximum Gasteiger partial charge on any atom is 0.241 e. The molecule has 2 aliphatic rings. The van der Waals surface area contributed by atoms with E-state index in [-0.39, 0.29) is 11.4 Å². The summed E-state index contributed by atoms with van der Waals surface area (Å²) in [6.45, 7) is 4.96. The molecular weight excluding hydrogens is 430 g/mol. The highest BCUT2D eigenvalue weighted by atomic mass is 32.2. The van der Waals surface area contributed by atoms with Crippen LogP contribution in [-0.2, 0) is 14.8 Å². The van der Waals surface area contributed by atoms with Crippen LogP contribution in [0.4, 0.5) is 11.4 Å². The van der Waals surface area contributed by atoms with Crippen LogP contribution in [0.25, 0.3) is 0 Å². The molecule has 0 aliphatic carbocycles. The third-order valence-corrected chi connectivity index (χ3v) is 7.15. The summed E-state index contributed by atoms with van der Waals surface area (Å²) in [7, 11) is -3.87. The van der Waals surface area contributed by atoms with Crippen molar-refractivity contribution in [2.75, 3.05) is 43.1 Å². The summed E-state index contributed by atoms with van der Waals surface area (Å²) in [5.74, 6) is 1.22. The van der Waals surface area contributed by atoms with Crippen molar-refractivity contribution in [1.82, 2.24) is 4.72 Å². The topological polar surface area (TPSA) is 97.0 Å². The lowest BCUT2D eigenvalue weighted by atomic mass is 9.99. The van der Waals surface area contributed by atoms with Crippen LogP contribution in [0, 0.1) is 5.92 Å². The molecule has 2 N–H and O–H groups in total. The van der Waals surface area contributed by atoms with E-state index in [1.54, 1.807) is 6.07 Å². The summed E-state index contributed by atoms with van der Waals surface area (Å²) in [5, 5.41) is 2.73. The fraction of sp³-hybridized carbons (Fsp3) is 0.435. The number of benzene rings is 2. The van der Waals surface area contributed by atoms with Crippen molar-refractivity contribution < 1.29 is 22.7 Å². The number of ether oxygens (including phenoxy) is 2. The second-order valence-electron chi connectivity index (χ2n) is 8.25. The average molecular weight is 460 g/mol. The lowest BCUT2D eigenvalue weighted by Crippen LogP contribution is -2.33. The molecule has 0 atom stereocenters. The maximum atomic E-state index is 12.6. The van der Waals surface area contributed by atoms with Gasteiger partial charge in [-0.05, 0) is 55.2 Å². The van der Waals surface area contributed by atoms with Gasteiger partial charge in [0, 0.05) is 37.0 Å². The van der Waals surface area contributed by atoms with Crippen molar-refractivity contribution in [1.29, 1.82) is 0 Å². The molecule has 9 heteroatoms. The summed E-state index contributed by atoms with van der Waals surface area (Å²) >= 11 is 0.